The van der Waals surface area contributed by atoms with Crippen molar-refractivity contribution in [1.82, 2.24) is 9.21 Å². The van der Waals surface area contributed by atoms with Crippen molar-refractivity contribution in [2.24, 2.45) is 0 Å². The quantitative estimate of drug-likeness (QED) is 0.674. The smallest absolute Gasteiger partial charge is 0.221 e. The topological polar surface area (TPSA) is 60.9 Å². The lowest BCUT2D eigenvalue weighted by Gasteiger charge is -2.38. The van der Waals surface area contributed by atoms with Crippen LogP contribution in [0.5, 0.6) is 0 Å². The van der Waals surface area contributed by atoms with Crippen molar-refractivity contribution in [3.05, 3.63) is 65.2 Å². The van der Waals surface area contributed by atoms with Crippen LogP contribution >= 0.6 is 0 Å². The van der Waals surface area contributed by atoms with Crippen LogP contribution in [0.4, 0.5) is 14.5 Å². The van der Waals surface area contributed by atoms with Gasteiger partial charge in [0.2, 0.25) is 15.9 Å². The molecular weight excluding hydrogens is 448 g/mol. The van der Waals surface area contributed by atoms with Crippen LogP contribution in [-0.4, -0.2) is 55.8 Å². The van der Waals surface area contributed by atoms with Gasteiger partial charge in [0.1, 0.15) is 16.9 Å². The van der Waals surface area contributed by atoms with Gasteiger partial charge in [0.05, 0.1) is 0 Å². The second-order valence-corrected chi connectivity index (χ2v) is 10.9. The summed E-state index contributed by atoms with van der Waals surface area (Å²) in [5.41, 5.74) is 1.15. The van der Waals surface area contributed by atoms with Crippen LogP contribution in [0, 0.1) is 11.6 Å². The number of benzene rings is 2. The molecule has 2 atom stereocenters. The summed E-state index contributed by atoms with van der Waals surface area (Å²) in [5, 5.41) is -0.977. The van der Waals surface area contributed by atoms with Crippen LogP contribution in [0.25, 0.3) is 0 Å². The van der Waals surface area contributed by atoms with Crippen LogP contribution in [0.2, 0.25) is 0 Å². The third-order valence-corrected chi connectivity index (χ3v) is 9.08. The highest BCUT2D eigenvalue weighted by atomic mass is 32.2. The fourth-order valence-corrected chi connectivity index (χ4v) is 6.91. The van der Waals surface area contributed by atoms with E-state index in [0.29, 0.717) is 44.7 Å². The average molecular weight is 478 g/mol. The number of rotatable bonds is 4. The second-order valence-electron chi connectivity index (χ2n) is 8.80. The molecule has 2 aliphatic rings. The van der Waals surface area contributed by atoms with Crippen LogP contribution < -0.4 is 4.90 Å². The molecule has 0 radical (unpaired) electrons. The van der Waals surface area contributed by atoms with E-state index < -0.39 is 26.9 Å². The van der Waals surface area contributed by atoms with Gasteiger partial charge in [-0.1, -0.05) is 24.3 Å². The maximum absolute atomic E-state index is 15.1. The number of amides is 1. The molecular formula is C24H29F2N3O3S. The molecule has 9 heteroatoms. The van der Waals surface area contributed by atoms with Crippen LogP contribution in [0.3, 0.4) is 0 Å². The first-order chi connectivity index (χ1) is 15.7. The number of carbonyl (C=O) groups is 1. The molecule has 2 aromatic rings. The first-order valence-corrected chi connectivity index (χ1v) is 12.7. The first kappa shape index (κ1) is 23.6. The number of nitrogens with zero attached hydrogens (tertiary/aromatic N) is 3. The van der Waals surface area contributed by atoms with Crippen LogP contribution in [-0.2, 0) is 21.4 Å². The Balaban J connectivity index is 1.53. The molecule has 6 nitrogen and oxygen atoms in total. The van der Waals surface area contributed by atoms with Gasteiger partial charge in [0, 0.05) is 62.5 Å². The Morgan fingerprint density at radius 2 is 1.70 bits per heavy atom. The number of anilines is 1. The van der Waals surface area contributed by atoms with E-state index in [1.807, 2.05) is 4.90 Å². The third-order valence-electron chi connectivity index (χ3n) is 6.73. The summed E-state index contributed by atoms with van der Waals surface area (Å²) in [6.07, 6.45) is 0.896. The summed E-state index contributed by atoms with van der Waals surface area (Å²) in [7, 11) is -3.87. The molecule has 0 bridgehead atoms. The predicted octanol–water partition coefficient (Wildman–Crippen LogP) is 3.69. The number of halogens is 2. The average Bonchev–Trinajstić information content (AvgIpc) is 2.78. The summed E-state index contributed by atoms with van der Waals surface area (Å²) < 4.78 is 57.5. The van der Waals surface area contributed by atoms with E-state index >= 15 is 4.39 Å². The van der Waals surface area contributed by atoms with Gasteiger partial charge >= 0.3 is 0 Å². The Morgan fingerprint density at radius 3 is 2.33 bits per heavy atom. The van der Waals surface area contributed by atoms with E-state index in [1.54, 1.807) is 30.0 Å². The maximum Gasteiger partial charge on any atom is 0.221 e. The van der Waals surface area contributed by atoms with E-state index in [0.717, 1.165) is 0 Å². The molecule has 33 heavy (non-hydrogen) atoms. The zero-order valence-electron chi connectivity index (χ0n) is 18.9. The second kappa shape index (κ2) is 9.38. The highest BCUT2D eigenvalue weighted by molar-refractivity contribution is 7.89. The van der Waals surface area contributed by atoms with Gasteiger partial charge in [-0.05, 0) is 38.0 Å². The zero-order chi connectivity index (χ0) is 23.8. The molecule has 2 heterocycles. The minimum Gasteiger partial charge on any atom is -0.368 e. The normalized spacial score (nSPS) is 23.5. The number of hydrogen-bond acceptors (Lipinski definition) is 4. The Morgan fingerprint density at radius 1 is 1.00 bits per heavy atom. The van der Waals surface area contributed by atoms with Crippen molar-refractivity contribution < 1.29 is 22.0 Å². The van der Waals surface area contributed by atoms with Gasteiger partial charge in [-0.2, -0.15) is 4.31 Å². The Hall–Kier alpha value is -2.52. The van der Waals surface area contributed by atoms with E-state index in [4.69, 9.17) is 0 Å². The van der Waals surface area contributed by atoms with Crippen molar-refractivity contribution in [3.8, 4) is 0 Å². The molecule has 0 saturated carbocycles. The first-order valence-electron chi connectivity index (χ1n) is 11.2. The van der Waals surface area contributed by atoms with Gasteiger partial charge in [-0.15, -0.1) is 0 Å². The zero-order valence-corrected chi connectivity index (χ0v) is 19.7. The highest BCUT2D eigenvalue weighted by Crippen LogP contribution is 2.39. The number of sulfonamides is 1. The van der Waals surface area contributed by atoms with Gasteiger partial charge < -0.3 is 9.80 Å². The molecule has 0 spiro atoms. The monoisotopic (exact) mass is 477 g/mol. The molecule has 2 fully saturated rings. The molecule has 4 rings (SSSR count). The van der Waals surface area contributed by atoms with E-state index in [-0.39, 0.29) is 29.6 Å². The predicted molar refractivity (Wildman–Crippen MR) is 123 cm³/mol. The van der Waals surface area contributed by atoms with E-state index in [2.05, 4.69) is 0 Å². The summed E-state index contributed by atoms with van der Waals surface area (Å²) in [5.74, 6) is -0.986. The lowest BCUT2D eigenvalue weighted by molar-refractivity contribution is -0.129. The van der Waals surface area contributed by atoms with Crippen molar-refractivity contribution in [2.45, 2.75) is 44.5 Å². The molecule has 1 amide bonds. The molecule has 1 unspecified atom stereocenters. The van der Waals surface area contributed by atoms with Gasteiger partial charge in [-0.3, -0.25) is 4.79 Å². The van der Waals surface area contributed by atoms with Gasteiger partial charge in [-0.25, -0.2) is 17.2 Å². The SMILES string of the molecule is CC(=O)N1CCN(c2ccc(CN3[C@@H](C)CCC(c4ccccc4F)S3(=O)=O)c(F)c2)CC1. The molecule has 0 N–H and O–H groups in total. The van der Waals surface area contributed by atoms with Crippen molar-refractivity contribution >= 4 is 21.6 Å². The molecule has 2 saturated heterocycles. The van der Waals surface area contributed by atoms with Crippen molar-refractivity contribution in [1.29, 1.82) is 0 Å². The minimum atomic E-state index is -3.87. The molecule has 178 valence electrons. The van der Waals surface area contributed by atoms with E-state index in [1.165, 1.54) is 35.5 Å². The fraction of sp³-hybridized carbons (Fsp3) is 0.458. The molecule has 2 aliphatic heterocycles. The van der Waals surface area contributed by atoms with Crippen molar-refractivity contribution in [3.63, 3.8) is 0 Å². The Labute approximate surface area is 193 Å². The minimum absolute atomic E-state index is 0.0294. The Kier molecular flexibility index (Phi) is 6.72. The Bertz CT molecular complexity index is 1130. The highest BCUT2D eigenvalue weighted by Gasteiger charge is 2.41. The number of hydrogen-bond donors (Lipinski definition) is 0. The van der Waals surface area contributed by atoms with Gasteiger partial charge in [0.15, 0.2) is 0 Å². The summed E-state index contributed by atoms with van der Waals surface area (Å²) in [6, 6.07) is 10.5. The summed E-state index contributed by atoms with van der Waals surface area (Å²) >= 11 is 0. The third kappa shape index (κ3) is 4.75. The van der Waals surface area contributed by atoms with Gasteiger partial charge in [0.25, 0.3) is 0 Å². The molecule has 2 aromatic carbocycles. The maximum atomic E-state index is 15.1. The van der Waals surface area contributed by atoms with Crippen LogP contribution in [0.15, 0.2) is 42.5 Å². The van der Waals surface area contributed by atoms with Crippen molar-refractivity contribution in [2.75, 3.05) is 31.1 Å². The molecule has 0 aromatic heterocycles. The number of carbonyl (C=O) groups excluding carboxylic acids is 1. The summed E-state index contributed by atoms with van der Waals surface area (Å²) in [4.78, 5) is 15.3. The molecule has 0 aliphatic carbocycles. The summed E-state index contributed by atoms with van der Waals surface area (Å²) in [6.45, 7) is 5.63. The lowest BCUT2D eigenvalue weighted by Crippen LogP contribution is -2.48. The van der Waals surface area contributed by atoms with E-state index in [9.17, 15) is 17.6 Å². The lowest BCUT2D eigenvalue weighted by atomic mass is 10.0. The largest absolute Gasteiger partial charge is 0.368 e. The number of piperazine rings is 1. The standard InChI is InChI=1S/C24H29F2N3O3S/c1-17-7-10-24(21-5-3-4-6-22(21)25)33(31,32)29(17)16-19-8-9-20(15-23(19)26)28-13-11-27(12-14-28)18(2)30/h3-6,8-9,15,17,24H,7,10-14,16H2,1-2H3/t17-,24?/m0/s1. The fourth-order valence-electron chi connectivity index (χ4n) is 4.71. The van der Waals surface area contributed by atoms with Crippen LogP contribution in [0.1, 0.15) is 43.1 Å².